The van der Waals surface area contributed by atoms with Crippen molar-refractivity contribution < 1.29 is 14.3 Å². The van der Waals surface area contributed by atoms with E-state index in [1.807, 2.05) is 13.8 Å². The zero-order valence-electron chi connectivity index (χ0n) is 11.0. The van der Waals surface area contributed by atoms with E-state index in [-0.39, 0.29) is 5.91 Å². The van der Waals surface area contributed by atoms with Crippen LogP contribution in [0, 0.1) is 5.92 Å². The molecule has 1 rings (SSSR count). The summed E-state index contributed by atoms with van der Waals surface area (Å²) in [7, 11) is 3.09. The summed E-state index contributed by atoms with van der Waals surface area (Å²) in [5, 5.41) is 2.86. The molecule has 1 aromatic rings. The van der Waals surface area contributed by atoms with Crippen LogP contribution in [0.1, 0.15) is 24.2 Å². The predicted octanol–water partition coefficient (Wildman–Crippen LogP) is 2.85. The summed E-state index contributed by atoms with van der Waals surface area (Å²) in [6.07, 6.45) is 0. The van der Waals surface area contributed by atoms with E-state index in [1.54, 1.807) is 19.2 Å². The van der Waals surface area contributed by atoms with Gasteiger partial charge in [0.15, 0.2) is 0 Å². The average Bonchev–Trinajstić information content (AvgIpc) is 2.34. The van der Waals surface area contributed by atoms with Gasteiger partial charge in [0.05, 0.1) is 24.3 Å². The number of hydrogen-bond acceptors (Lipinski definition) is 3. The van der Waals surface area contributed by atoms with E-state index in [0.29, 0.717) is 34.0 Å². The minimum atomic E-state index is -0.167. The molecule has 0 spiro atoms. The zero-order chi connectivity index (χ0) is 13.7. The average molecular weight is 316 g/mol. The molecule has 0 aliphatic carbocycles. The fourth-order valence-electron chi connectivity index (χ4n) is 1.45. The van der Waals surface area contributed by atoms with Crippen LogP contribution in [-0.4, -0.2) is 26.7 Å². The van der Waals surface area contributed by atoms with Crippen LogP contribution in [0.15, 0.2) is 16.6 Å². The van der Waals surface area contributed by atoms with E-state index in [0.717, 1.165) is 0 Å². The Labute approximate surface area is 116 Å². The fraction of sp³-hybridized carbons (Fsp3) is 0.462. The van der Waals surface area contributed by atoms with Gasteiger partial charge in [0, 0.05) is 6.54 Å². The lowest BCUT2D eigenvalue weighted by Gasteiger charge is -2.13. The summed E-state index contributed by atoms with van der Waals surface area (Å²) in [6.45, 7) is 4.70. The molecular weight excluding hydrogens is 298 g/mol. The second kappa shape index (κ2) is 6.64. The first kappa shape index (κ1) is 14.8. The molecule has 0 saturated heterocycles. The van der Waals surface area contributed by atoms with E-state index in [4.69, 9.17) is 9.47 Å². The van der Waals surface area contributed by atoms with Gasteiger partial charge >= 0.3 is 0 Å². The molecule has 18 heavy (non-hydrogen) atoms. The molecule has 1 N–H and O–H groups in total. The molecule has 100 valence electrons. The Bertz CT molecular complexity index is 432. The molecule has 0 fully saturated rings. The monoisotopic (exact) mass is 315 g/mol. The summed E-state index contributed by atoms with van der Waals surface area (Å²) in [4.78, 5) is 12.1. The molecule has 1 aromatic carbocycles. The molecule has 4 nitrogen and oxygen atoms in total. The number of nitrogens with one attached hydrogen (secondary N) is 1. The van der Waals surface area contributed by atoms with Gasteiger partial charge < -0.3 is 14.8 Å². The van der Waals surface area contributed by atoms with Gasteiger partial charge in [-0.2, -0.15) is 0 Å². The summed E-state index contributed by atoms with van der Waals surface area (Å²) in [5.41, 5.74) is 0.462. The SMILES string of the molecule is COc1cc(Br)c(OC)c(C(=O)NCC(C)C)c1. The van der Waals surface area contributed by atoms with Crippen LogP contribution in [0.2, 0.25) is 0 Å². The summed E-state index contributed by atoms with van der Waals surface area (Å²) < 4.78 is 11.1. The summed E-state index contributed by atoms with van der Waals surface area (Å²) in [5.74, 6) is 1.35. The summed E-state index contributed by atoms with van der Waals surface area (Å²) in [6, 6.07) is 3.43. The number of amides is 1. The van der Waals surface area contributed by atoms with Crippen molar-refractivity contribution in [1.82, 2.24) is 5.32 Å². The number of carbonyl (C=O) groups is 1. The quantitative estimate of drug-likeness (QED) is 0.909. The largest absolute Gasteiger partial charge is 0.497 e. The molecule has 0 bridgehead atoms. The van der Waals surface area contributed by atoms with Crippen LogP contribution in [0.25, 0.3) is 0 Å². The molecule has 5 heteroatoms. The maximum absolute atomic E-state index is 12.1. The molecule has 0 aromatic heterocycles. The second-order valence-electron chi connectivity index (χ2n) is 4.29. The lowest BCUT2D eigenvalue weighted by molar-refractivity contribution is 0.0945. The highest BCUT2D eigenvalue weighted by Crippen LogP contribution is 2.33. The zero-order valence-corrected chi connectivity index (χ0v) is 12.6. The Morgan fingerprint density at radius 3 is 2.50 bits per heavy atom. The van der Waals surface area contributed by atoms with Gasteiger partial charge in [0.1, 0.15) is 11.5 Å². The molecule has 1 amide bonds. The van der Waals surface area contributed by atoms with Gasteiger partial charge in [-0.3, -0.25) is 4.79 Å². The molecule has 0 heterocycles. The second-order valence-corrected chi connectivity index (χ2v) is 5.15. The first-order valence-corrected chi connectivity index (χ1v) is 6.48. The van der Waals surface area contributed by atoms with E-state index < -0.39 is 0 Å². The highest BCUT2D eigenvalue weighted by Gasteiger charge is 2.17. The third kappa shape index (κ3) is 3.63. The van der Waals surface area contributed by atoms with Gasteiger partial charge in [-0.05, 0) is 34.0 Å². The highest BCUT2D eigenvalue weighted by atomic mass is 79.9. The standard InChI is InChI=1S/C13H18BrNO3/c1-8(2)7-15-13(16)10-5-9(17-3)6-11(14)12(10)18-4/h5-6,8H,7H2,1-4H3,(H,15,16). The lowest BCUT2D eigenvalue weighted by atomic mass is 10.1. The number of hydrogen-bond donors (Lipinski definition) is 1. The third-order valence-electron chi connectivity index (χ3n) is 2.37. The van der Waals surface area contributed by atoms with E-state index in [2.05, 4.69) is 21.2 Å². The van der Waals surface area contributed by atoms with Gasteiger partial charge in [-0.1, -0.05) is 13.8 Å². The van der Waals surface area contributed by atoms with Crippen molar-refractivity contribution in [2.45, 2.75) is 13.8 Å². The Balaban J connectivity index is 3.04. The van der Waals surface area contributed by atoms with Crippen LogP contribution < -0.4 is 14.8 Å². The number of ether oxygens (including phenoxy) is 2. The van der Waals surface area contributed by atoms with Crippen molar-refractivity contribution >= 4 is 21.8 Å². The van der Waals surface area contributed by atoms with Crippen LogP contribution in [0.3, 0.4) is 0 Å². The van der Waals surface area contributed by atoms with E-state index >= 15 is 0 Å². The number of methoxy groups -OCH3 is 2. The van der Waals surface area contributed by atoms with Crippen LogP contribution >= 0.6 is 15.9 Å². The van der Waals surface area contributed by atoms with Crippen molar-refractivity contribution in [3.63, 3.8) is 0 Å². The first-order valence-electron chi connectivity index (χ1n) is 5.69. The molecule has 0 aliphatic heterocycles. The lowest BCUT2D eigenvalue weighted by Crippen LogP contribution is -2.27. The van der Waals surface area contributed by atoms with Crippen molar-refractivity contribution in [1.29, 1.82) is 0 Å². The van der Waals surface area contributed by atoms with Crippen LogP contribution in [0.5, 0.6) is 11.5 Å². The minimum absolute atomic E-state index is 0.167. The fourth-order valence-corrected chi connectivity index (χ4v) is 2.06. The third-order valence-corrected chi connectivity index (χ3v) is 2.96. The normalized spacial score (nSPS) is 10.3. The number of rotatable bonds is 5. The predicted molar refractivity (Wildman–Crippen MR) is 74.4 cm³/mol. The van der Waals surface area contributed by atoms with Crippen molar-refractivity contribution in [2.75, 3.05) is 20.8 Å². The van der Waals surface area contributed by atoms with Crippen molar-refractivity contribution in [3.05, 3.63) is 22.2 Å². The van der Waals surface area contributed by atoms with Crippen molar-refractivity contribution in [3.8, 4) is 11.5 Å². The Kier molecular flexibility index (Phi) is 5.47. The minimum Gasteiger partial charge on any atom is -0.497 e. The van der Waals surface area contributed by atoms with E-state index in [1.165, 1.54) is 7.11 Å². The smallest absolute Gasteiger partial charge is 0.255 e. The first-order chi connectivity index (χ1) is 8.49. The van der Waals surface area contributed by atoms with Crippen LogP contribution in [-0.2, 0) is 0 Å². The highest BCUT2D eigenvalue weighted by molar-refractivity contribution is 9.10. The van der Waals surface area contributed by atoms with E-state index in [9.17, 15) is 4.79 Å². The van der Waals surface area contributed by atoms with Gasteiger partial charge in [0.25, 0.3) is 5.91 Å². The topological polar surface area (TPSA) is 47.6 Å². The number of halogens is 1. The summed E-state index contributed by atoms with van der Waals surface area (Å²) >= 11 is 3.36. The van der Waals surface area contributed by atoms with Gasteiger partial charge in [-0.15, -0.1) is 0 Å². The molecule has 0 atom stereocenters. The van der Waals surface area contributed by atoms with Gasteiger partial charge in [-0.25, -0.2) is 0 Å². The Hall–Kier alpha value is -1.23. The Morgan fingerprint density at radius 1 is 1.33 bits per heavy atom. The number of benzene rings is 1. The molecule has 0 saturated carbocycles. The maximum atomic E-state index is 12.1. The molecule has 0 unspecified atom stereocenters. The molecular formula is C13H18BrNO3. The molecule has 0 radical (unpaired) electrons. The van der Waals surface area contributed by atoms with Gasteiger partial charge in [0.2, 0.25) is 0 Å². The molecule has 0 aliphatic rings. The van der Waals surface area contributed by atoms with Crippen LogP contribution in [0.4, 0.5) is 0 Å². The number of carbonyl (C=O) groups excluding carboxylic acids is 1. The Morgan fingerprint density at radius 2 is 2.00 bits per heavy atom. The van der Waals surface area contributed by atoms with Crippen molar-refractivity contribution in [2.24, 2.45) is 5.92 Å². The maximum Gasteiger partial charge on any atom is 0.255 e.